The Kier molecular flexibility index (Phi) is 6.60. The third kappa shape index (κ3) is 5.49. The summed E-state index contributed by atoms with van der Waals surface area (Å²) in [7, 11) is -3.67. The van der Waals surface area contributed by atoms with E-state index in [1.807, 2.05) is 32.0 Å². The lowest BCUT2D eigenvalue weighted by Crippen LogP contribution is -2.32. The second-order valence-corrected chi connectivity index (χ2v) is 10.0. The van der Waals surface area contributed by atoms with E-state index in [4.69, 9.17) is 0 Å². The number of imidazole rings is 1. The molecule has 0 aliphatic carbocycles. The van der Waals surface area contributed by atoms with E-state index in [1.54, 1.807) is 12.1 Å². The molecule has 0 saturated carbocycles. The molecule has 0 bridgehead atoms. The lowest BCUT2D eigenvalue weighted by molar-refractivity contribution is 0.0981. The third-order valence-electron chi connectivity index (χ3n) is 5.52. The zero-order valence-corrected chi connectivity index (χ0v) is 19.6. The number of hydrogen-bond acceptors (Lipinski definition) is 4. The van der Waals surface area contributed by atoms with Gasteiger partial charge in [0.15, 0.2) is 0 Å². The number of sulfonamides is 1. The molecule has 4 aromatic rings. The molecule has 0 aliphatic rings. The summed E-state index contributed by atoms with van der Waals surface area (Å²) in [6.45, 7) is 3.76. The maximum atomic E-state index is 12.8. The van der Waals surface area contributed by atoms with Crippen LogP contribution in [0.3, 0.4) is 0 Å². The largest absolute Gasteiger partial charge is 0.342 e. The molecule has 0 unspecified atom stereocenters. The van der Waals surface area contributed by atoms with Crippen LogP contribution in [0.2, 0.25) is 0 Å². The second-order valence-electron chi connectivity index (χ2n) is 8.20. The topological polar surface area (TPSA) is 91.9 Å². The Bertz CT molecular complexity index is 1380. The fraction of sp³-hybridized carbons (Fsp3) is 0.231. The fourth-order valence-corrected chi connectivity index (χ4v) is 5.00. The van der Waals surface area contributed by atoms with E-state index in [2.05, 4.69) is 51.1 Å². The Labute approximate surface area is 194 Å². The van der Waals surface area contributed by atoms with Crippen LogP contribution in [0.1, 0.15) is 47.1 Å². The summed E-state index contributed by atoms with van der Waals surface area (Å²) in [5.74, 6) is 0.0427. The van der Waals surface area contributed by atoms with E-state index in [9.17, 15) is 13.2 Å². The van der Waals surface area contributed by atoms with Gasteiger partial charge in [0.1, 0.15) is 5.82 Å². The van der Waals surface area contributed by atoms with Gasteiger partial charge in [-0.1, -0.05) is 67.9 Å². The van der Waals surface area contributed by atoms with Crippen LogP contribution in [0.4, 0.5) is 0 Å². The van der Waals surface area contributed by atoms with Gasteiger partial charge in [0.2, 0.25) is 10.0 Å². The average Bonchev–Trinajstić information content (AvgIpc) is 3.19. The Balaban J connectivity index is 1.62. The number of H-pyrrole nitrogens is 1. The zero-order chi connectivity index (χ0) is 23.4. The number of hydrogen-bond donors (Lipinski definition) is 2. The van der Waals surface area contributed by atoms with Crippen LogP contribution in [0, 0.1) is 6.92 Å². The van der Waals surface area contributed by atoms with E-state index in [1.165, 1.54) is 0 Å². The van der Waals surface area contributed by atoms with E-state index in [0.29, 0.717) is 23.9 Å². The minimum absolute atomic E-state index is 0.0682. The number of aromatic nitrogens is 2. The summed E-state index contributed by atoms with van der Waals surface area (Å²) in [4.78, 5) is 20.5. The van der Waals surface area contributed by atoms with Crippen LogP contribution in [0.15, 0.2) is 66.7 Å². The highest BCUT2D eigenvalue weighted by molar-refractivity contribution is 7.90. The smallest absolute Gasteiger partial charge is 0.264 e. The lowest BCUT2D eigenvalue weighted by Gasteiger charge is -2.10. The van der Waals surface area contributed by atoms with Gasteiger partial charge in [0.05, 0.1) is 16.8 Å². The molecule has 0 saturated heterocycles. The maximum absolute atomic E-state index is 12.8. The predicted octanol–water partition coefficient (Wildman–Crippen LogP) is 4.99. The van der Waals surface area contributed by atoms with Crippen molar-refractivity contribution in [2.75, 3.05) is 5.75 Å². The molecular weight excluding hydrogens is 434 g/mol. The molecule has 4 rings (SSSR count). The highest BCUT2D eigenvalue weighted by Crippen LogP contribution is 2.24. The van der Waals surface area contributed by atoms with E-state index in [-0.39, 0.29) is 5.75 Å². The van der Waals surface area contributed by atoms with Gasteiger partial charge in [-0.2, -0.15) is 0 Å². The predicted molar refractivity (Wildman–Crippen MR) is 132 cm³/mol. The maximum Gasteiger partial charge on any atom is 0.264 e. The third-order valence-corrected chi connectivity index (χ3v) is 6.84. The van der Waals surface area contributed by atoms with Crippen LogP contribution in [0.25, 0.3) is 22.2 Å². The average molecular weight is 462 g/mol. The van der Waals surface area contributed by atoms with Gasteiger partial charge in [-0.25, -0.2) is 18.1 Å². The molecule has 1 heterocycles. The molecule has 3 aromatic carbocycles. The van der Waals surface area contributed by atoms with Crippen molar-refractivity contribution in [2.45, 2.75) is 33.1 Å². The quantitative estimate of drug-likeness (QED) is 0.387. The van der Waals surface area contributed by atoms with Crippen molar-refractivity contribution in [2.24, 2.45) is 0 Å². The molecule has 170 valence electrons. The monoisotopic (exact) mass is 461 g/mol. The number of rotatable bonds is 8. The van der Waals surface area contributed by atoms with Crippen LogP contribution >= 0.6 is 0 Å². The minimum Gasteiger partial charge on any atom is -0.342 e. The molecular formula is C26H27N3O3S. The van der Waals surface area contributed by atoms with Crippen molar-refractivity contribution >= 4 is 27.0 Å². The summed E-state index contributed by atoms with van der Waals surface area (Å²) in [5, 5.41) is 0. The van der Waals surface area contributed by atoms with Crippen molar-refractivity contribution in [1.29, 1.82) is 0 Å². The molecule has 1 aromatic heterocycles. The molecule has 33 heavy (non-hydrogen) atoms. The van der Waals surface area contributed by atoms with Crippen LogP contribution in [-0.2, 0) is 16.4 Å². The van der Waals surface area contributed by atoms with E-state index < -0.39 is 15.9 Å². The van der Waals surface area contributed by atoms with Crippen LogP contribution < -0.4 is 4.72 Å². The number of nitrogens with zero attached hydrogens (tertiary/aromatic N) is 1. The van der Waals surface area contributed by atoms with Gasteiger partial charge < -0.3 is 4.98 Å². The first-order valence-electron chi connectivity index (χ1n) is 11.0. The summed E-state index contributed by atoms with van der Waals surface area (Å²) in [5.41, 5.74) is 6.00. The Morgan fingerprint density at radius 3 is 2.39 bits per heavy atom. The number of benzene rings is 3. The summed E-state index contributed by atoms with van der Waals surface area (Å²) in [6.07, 6.45) is 1.81. The van der Waals surface area contributed by atoms with Gasteiger partial charge in [-0.3, -0.25) is 4.79 Å². The number of amides is 1. The fourth-order valence-electron chi connectivity index (χ4n) is 3.83. The number of carbonyl (C=O) groups excluding carboxylic acids is 1. The molecule has 0 aliphatic heterocycles. The Morgan fingerprint density at radius 2 is 1.70 bits per heavy atom. The van der Waals surface area contributed by atoms with E-state index in [0.717, 1.165) is 40.0 Å². The van der Waals surface area contributed by atoms with Crippen molar-refractivity contribution in [3.05, 3.63) is 89.2 Å². The minimum atomic E-state index is -3.67. The molecule has 7 heteroatoms. The van der Waals surface area contributed by atoms with Crippen molar-refractivity contribution < 1.29 is 13.2 Å². The first-order chi connectivity index (χ1) is 15.8. The molecule has 0 spiro atoms. The number of carbonyl (C=O) groups is 1. The Morgan fingerprint density at radius 1 is 1.00 bits per heavy atom. The van der Waals surface area contributed by atoms with E-state index >= 15 is 0 Å². The molecule has 6 nitrogen and oxygen atoms in total. The molecule has 2 N–H and O–H groups in total. The highest BCUT2D eigenvalue weighted by atomic mass is 32.2. The zero-order valence-electron chi connectivity index (χ0n) is 18.8. The van der Waals surface area contributed by atoms with Crippen molar-refractivity contribution in [3.8, 4) is 11.1 Å². The summed E-state index contributed by atoms with van der Waals surface area (Å²) >= 11 is 0. The number of nitrogens with one attached hydrogen (secondary N) is 2. The van der Waals surface area contributed by atoms with Gasteiger partial charge in [0.25, 0.3) is 5.91 Å². The number of unbranched alkanes of at least 4 members (excludes halogenated alkanes) is 1. The first-order valence-corrected chi connectivity index (χ1v) is 12.7. The second kappa shape index (κ2) is 9.58. The van der Waals surface area contributed by atoms with Gasteiger partial charge >= 0.3 is 0 Å². The van der Waals surface area contributed by atoms with Crippen LogP contribution in [0.5, 0.6) is 0 Å². The SMILES string of the molecule is CCCCS(=O)(=O)NC(=O)c1cc(Cc2ccc(-c3ccccc3)cc2)c2nc(C)[nH]c2c1. The molecule has 1 amide bonds. The first kappa shape index (κ1) is 22.7. The Hall–Kier alpha value is -3.45. The number of aromatic amines is 1. The highest BCUT2D eigenvalue weighted by Gasteiger charge is 2.18. The summed E-state index contributed by atoms with van der Waals surface area (Å²) < 4.78 is 26.6. The molecule has 0 atom stereocenters. The van der Waals surface area contributed by atoms with Crippen molar-refractivity contribution in [3.63, 3.8) is 0 Å². The van der Waals surface area contributed by atoms with Gasteiger partial charge in [-0.05, 0) is 54.2 Å². The normalized spacial score (nSPS) is 11.6. The van der Waals surface area contributed by atoms with Gasteiger partial charge in [-0.15, -0.1) is 0 Å². The lowest BCUT2D eigenvalue weighted by atomic mass is 9.98. The van der Waals surface area contributed by atoms with Gasteiger partial charge in [0, 0.05) is 5.56 Å². The summed E-state index contributed by atoms with van der Waals surface area (Å²) in [6, 6.07) is 21.8. The number of aryl methyl sites for hydroxylation is 1. The van der Waals surface area contributed by atoms with Crippen LogP contribution in [-0.4, -0.2) is 30.0 Å². The molecule has 0 radical (unpaired) electrons. The molecule has 0 fully saturated rings. The number of fused-ring (bicyclic) bond motifs is 1. The van der Waals surface area contributed by atoms with Crippen molar-refractivity contribution in [1.82, 2.24) is 14.7 Å². The standard InChI is InChI=1S/C26H27N3O3S/c1-3-4-14-33(31,32)29-26(30)23-16-22(25-24(17-23)27-18(2)28-25)15-19-10-12-21(13-11-19)20-8-6-5-7-9-20/h5-13,16-17H,3-4,14-15H2,1-2H3,(H,27,28)(H,29,30).